The fraction of sp³-hybridized carbons (Fsp3) is 0.235. The van der Waals surface area contributed by atoms with Crippen molar-refractivity contribution in [1.82, 2.24) is 0 Å². The lowest BCUT2D eigenvalue weighted by Crippen LogP contribution is -2.18. The Morgan fingerprint density at radius 1 is 1.00 bits per heavy atom. The Labute approximate surface area is 113 Å². The fourth-order valence-electron chi connectivity index (χ4n) is 2.65. The van der Waals surface area contributed by atoms with Crippen molar-refractivity contribution >= 4 is 5.78 Å². The normalized spacial score (nSPS) is 13.3. The van der Waals surface area contributed by atoms with Gasteiger partial charge in [0.15, 0.2) is 0 Å². The van der Waals surface area contributed by atoms with Crippen LogP contribution in [0.25, 0.3) is 0 Å². The second-order valence-electron chi connectivity index (χ2n) is 4.83. The zero-order chi connectivity index (χ0) is 13.2. The molecule has 0 bridgehead atoms. The van der Waals surface area contributed by atoms with E-state index in [9.17, 15) is 4.79 Å². The van der Waals surface area contributed by atoms with Crippen LogP contribution in [0.5, 0.6) is 11.5 Å². The zero-order valence-corrected chi connectivity index (χ0v) is 10.9. The molecule has 0 aromatic heterocycles. The van der Waals surface area contributed by atoms with E-state index in [1.54, 1.807) is 0 Å². The van der Waals surface area contributed by atoms with Gasteiger partial charge in [-0.05, 0) is 18.6 Å². The summed E-state index contributed by atoms with van der Waals surface area (Å²) >= 11 is 0. The maximum atomic E-state index is 12.5. The molecule has 2 aromatic carbocycles. The van der Waals surface area contributed by atoms with E-state index in [1.807, 2.05) is 55.5 Å². The summed E-state index contributed by atoms with van der Waals surface area (Å²) in [6.07, 6.45) is 1.48. The van der Waals surface area contributed by atoms with Crippen LogP contribution in [-0.4, -0.2) is 5.78 Å². The molecular formula is C17H16O2. The number of Topliss-reactive ketones (excluding diaryl/α,β-unsaturated/α-hetero) is 1. The van der Waals surface area contributed by atoms with Crippen LogP contribution in [0, 0.1) is 0 Å². The highest BCUT2D eigenvalue weighted by atomic mass is 16.5. The van der Waals surface area contributed by atoms with Crippen LogP contribution in [0.1, 0.15) is 36.8 Å². The molecule has 0 radical (unpaired) electrons. The lowest BCUT2D eigenvalue weighted by Gasteiger charge is -2.27. The molecule has 0 saturated heterocycles. The first-order valence-corrected chi connectivity index (χ1v) is 6.69. The molecule has 0 N–H and O–H groups in total. The number of fused-ring (bicyclic) bond motifs is 2. The summed E-state index contributed by atoms with van der Waals surface area (Å²) in [6, 6.07) is 15.6. The minimum absolute atomic E-state index is 0.180. The van der Waals surface area contributed by atoms with Crippen molar-refractivity contribution in [3.63, 3.8) is 0 Å². The van der Waals surface area contributed by atoms with Gasteiger partial charge in [-0.25, -0.2) is 0 Å². The topological polar surface area (TPSA) is 26.3 Å². The lowest BCUT2D eigenvalue weighted by atomic mass is 9.83. The molecule has 2 nitrogen and oxygen atoms in total. The molecule has 1 heterocycles. The van der Waals surface area contributed by atoms with Gasteiger partial charge in [0.1, 0.15) is 17.3 Å². The molecule has 0 unspecified atom stereocenters. The van der Waals surface area contributed by atoms with E-state index >= 15 is 0 Å². The van der Waals surface area contributed by atoms with E-state index in [0.717, 1.165) is 29.0 Å². The van der Waals surface area contributed by atoms with Crippen molar-refractivity contribution in [3.05, 3.63) is 59.7 Å². The molecule has 19 heavy (non-hydrogen) atoms. The maximum Gasteiger partial charge on any atom is 0.145 e. The second kappa shape index (κ2) is 4.88. The number of hydrogen-bond acceptors (Lipinski definition) is 2. The van der Waals surface area contributed by atoms with E-state index in [-0.39, 0.29) is 11.7 Å². The largest absolute Gasteiger partial charge is 0.457 e. The van der Waals surface area contributed by atoms with Crippen LogP contribution < -0.4 is 4.74 Å². The van der Waals surface area contributed by atoms with Gasteiger partial charge >= 0.3 is 0 Å². The predicted octanol–water partition coefficient (Wildman–Crippen LogP) is 4.29. The first kappa shape index (κ1) is 12.0. The number of rotatable bonds is 3. The van der Waals surface area contributed by atoms with Crippen molar-refractivity contribution < 1.29 is 9.53 Å². The monoisotopic (exact) mass is 252 g/mol. The van der Waals surface area contributed by atoms with Gasteiger partial charge in [0, 0.05) is 17.5 Å². The van der Waals surface area contributed by atoms with Gasteiger partial charge in [-0.15, -0.1) is 0 Å². The third-order valence-corrected chi connectivity index (χ3v) is 3.50. The smallest absolute Gasteiger partial charge is 0.145 e. The van der Waals surface area contributed by atoms with Crippen molar-refractivity contribution in [3.8, 4) is 11.5 Å². The van der Waals surface area contributed by atoms with Gasteiger partial charge in [-0.3, -0.25) is 4.79 Å². The first-order chi connectivity index (χ1) is 9.31. The Balaban J connectivity index is 2.14. The number of ether oxygens (including phenoxy) is 1. The molecule has 1 aliphatic rings. The van der Waals surface area contributed by atoms with E-state index in [4.69, 9.17) is 4.74 Å². The standard InChI is InChI=1S/C17H16O2/c1-2-7-14(18)17-12-8-3-5-10-15(12)19-16-11-6-4-9-13(16)17/h3-6,8-11,17H,2,7H2,1H3. The average molecular weight is 252 g/mol. The third kappa shape index (κ3) is 2.03. The van der Waals surface area contributed by atoms with Gasteiger partial charge in [-0.2, -0.15) is 0 Å². The molecule has 2 heteroatoms. The summed E-state index contributed by atoms with van der Waals surface area (Å²) in [5, 5.41) is 0. The summed E-state index contributed by atoms with van der Waals surface area (Å²) < 4.78 is 5.88. The second-order valence-corrected chi connectivity index (χ2v) is 4.83. The molecular weight excluding hydrogens is 236 g/mol. The molecule has 0 amide bonds. The molecule has 0 saturated carbocycles. The van der Waals surface area contributed by atoms with Gasteiger partial charge in [-0.1, -0.05) is 43.3 Å². The van der Waals surface area contributed by atoms with Crippen LogP contribution in [0.2, 0.25) is 0 Å². The minimum atomic E-state index is -0.180. The van der Waals surface area contributed by atoms with Crippen LogP contribution in [0.3, 0.4) is 0 Å². The number of carbonyl (C=O) groups excluding carboxylic acids is 1. The SMILES string of the molecule is CCCC(=O)C1c2ccccc2Oc2ccccc21. The summed E-state index contributed by atoms with van der Waals surface area (Å²) in [6.45, 7) is 2.04. The molecule has 1 aliphatic heterocycles. The van der Waals surface area contributed by atoms with Gasteiger partial charge in [0.05, 0.1) is 5.92 Å². The Morgan fingerprint density at radius 3 is 2.05 bits per heavy atom. The zero-order valence-electron chi connectivity index (χ0n) is 10.9. The van der Waals surface area contributed by atoms with E-state index in [2.05, 4.69) is 0 Å². The summed E-state index contributed by atoms with van der Waals surface area (Å²) in [5.41, 5.74) is 1.97. The predicted molar refractivity (Wildman–Crippen MR) is 74.7 cm³/mol. The Kier molecular flexibility index (Phi) is 3.08. The first-order valence-electron chi connectivity index (χ1n) is 6.69. The fourth-order valence-corrected chi connectivity index (χ4v) is 2.65. The number of carbonyl (C=O) groups is 1. The molecule has 0 aliphatic carbocycles. The molecule has 0 fully saturated rings. The Hall–Kier alpha value is -2.09. The number of benzene rings is 2. The van der Waals surface area contributed by atoms with E-state index in [0.29, 0.717) is 6.42 Å². The third-order valence-electron chi connectivity index (χ3n) is 3.50. The van der Waals surface area contributed by atoms with E-state index < -0.39 is 0 Å². The highest BCUT2D eigenvalue weighted by Gasteiger charge is 2.31. The van der Waals surface area contributed by atoms with Crippen LogP contribution in [0.15, 0.2) is 48.5 Å². The molecule has 0 atom stereocenters. The quantitative estimate of drug-likeness (QED) is 0.814. The van der Waals surface area contributed by atoms with Crippen molar-refractivity contribution in [1.29, 1.82) is 0 Å². The Bertz CT molecular complexity index is 571. The van der Waals surface area contributed by atoms with Gasteiger partial charge in [0.2, 0.25) is 0 Å². The van der Waals surface area contributed by atoms with Crippen molar-refractivity contribution in [2.75, 3.05) is 0 Å². The maximum absolute atomic E-state index is 12.5. The van der Waals surface area contributed by atoms with Crippen LogP contribution in [0.4, 0.5) is 0 Å². The van der Waals surface area contributed by atoms with Crippen molar-refractivity contribution in [2.24, 2.45) is 0 Å². The highest BCUT2D eigenvalue weighted by molar-refractivity contribution is 5.91. The molecule has 0 spiro atoms. The van der Waals surface area contributed by atoms with Crippen LogP contribution >= 0.6 is 0 Å². The van der Waals surface area contributed by atoms with E-state index in [1.165, 1.54) is 0 Å². The highest BCUT2D eigenvalue weighted by Crippen LogP contribution is 2.44. The van der Waals surface area contributed by atoms with Crippen LogP contribution in [-0.2, 0) is 4.79 Å². The Morgan fingerprint density at radius 2 is 1.53 bits per heavy atom. The summed E-state index contributed by atoms with van der Waals surface area (Å²) in [4.78, 5) is 12.5. The summed E-state index contributed by atoms with van der Waals surface area (Å²) in [5.74, 6) is 1.69. The van der Waals surface area contributed by atoms with Gasteiger partial charge in [0.25, 0.3) is 0 Å². The lowest BCUT2D eigenvalue weighted by molar-refractivity contribution is -0.119. The molecule has 3 rings (SSSR count). The van der Waals surface area contributed by atoms with Gasteiger partial charge < -0.3 is 4.74 Å². The average Bonchev–Trinajstić information content (AvgIpc) is 2.44. The number of ketones is 1. The number of hydrogen-bond donors (Lipinski definition) is 0. The molecule has 2 aromatic rings. The summed E-state index contributed by atoms with van der Waals surface area (Å²) in [7, 11) is 0. The van der Waals surface area contributed by atoms with Crippen molar-refractivity contribution in [2.45, 2.75) is 25.7 Å². The minimum Gasteiger partial charge on any atom is -0.457 e. The molecule has 96 valence electrons. The number of para-hydroxylation sites is 2.